The predicted octanol–water partition coefficient (Wildman–Crippen LogP) is 2.69. The SMILES string of the molecule is CC(C)(C)CCNC(=O)c1ccc2c(c1)NCCN2. The van der Waals surface area contributed by atoms with Crippen LogP contribution in [0.5, 0.6) is 0 Å². The molecular formula is C15H23N3O. The second-order valence-corrected chi connectivity index (χ2v) is 6.18. The molecule has 0 aliphatic carbocycles. The molecule has 1 aromatic rings. The maximum Gasteiger partial charge on any atom is 0.251 e. The van der Waals surface area contributed by atoms with Crippen LogP contribution in [-0.4, -0.2) is 25.5 Å². The lowest BCUT2D eigenvalue weighted by atomic mass is 9.92. The molecule has 1 aromatic carbocycles. The lowest BCUT2D eigenvalue weighted by molar-refractivity contribution is 0.0949. The highest BCUT2D eigenvalue weighted by atomic mass is 16.1. The van der Waals surface area contributed by atoms with Crippen LogP contribution >= 0.6 is 0 Å². The van der Waals surface area contributed by atoms with Gasteiger partial charge in [0.05, 0.1) is 11.4 Å². The largest absolute Gasteiger partial charge is 0.382 e. The summed E-state index contributed by atoms with van der Waals surface area (Å²) in [4.78, 5) is 12.1. The zero-order chi connectivity index (χ0) is 13.9. The van der Waals surface area contributed by atoms with Crippen LogP contribution in [0.15, 0.2) is 18.2 Å². The lowest BCUT2D eigenvalue weighted by Gasteiger charge is -2.21. The van der Waals surface area contributed by atoms with E-state index in [4.69, 9.17) is 0 Å². The molecule has 1 aliphatic heterocycles. The van der Waals surface area contributed by atoms with Crippen molar-refractivity contribution in [1.29, 1.82) is 0 Å². The predicted molar refractivity (Wildman–Crippen MR) is 79.8 cm³/mol. The van der Waals surface area contributed by atoms with Crippen molar-refractivity contribution < 1.29 is 4.79 Å². The Bertz CT molecular complexity index is 463. The molecule has 2 rings (SSSR count). The van der Waals surface area contributed by atoms with E-state index in [0.717, 1.165) is 30.9 Å². The van der Waals surface area contributed by atoms with Gasteiger partial charge in [-0.25, -0.2) is 0 Å². The standard InChI is InChI=1S/C15H23N3O/c1-15(2,3)6-7-18-14(19)11-4-5-12-13(10-11)17-9-8-16-12/h4-5,10,16-17H,6-9H2,1-3H3,(H,18,19). The summed E-state index contributed by atoms with van der Waals surface area (Å²) in [6, 6.07) is 5.74. The highest BCUT2D eigenvalue weighted by molar-refractivity contribution is 5.96. The fraction of sp³-hybridized carbons (Fsp3) is 0.533. The van der Waals surface area contributed by atoms with Crippen molar-refractivity contribution in [3.63, 3.8) is 0 Å². The summed E-state index contributed by atoms with van der Waals surface area (Å²) in [6.07, 6.45) is 0.976. The van der Waals surface area contributed by atoms with Crippen LogP contribution in [0.1, 0.15) is 37.6 Å². The molecular weight excluding hydrogens is 238 g/mol. The number of amides is 1. The Labute approximate surface area is 115 Å². The molecule has 0 saturated carbocycles. The van der Waals surface area contributed by atoms with Gasteiger partial charge in [-0.2, -0.15) is 0 Å². The van der Waals surface area contributed by atoms with Crippen molar-refractivity contribution in [3.8, 4) is 0 Å². The van der Waals surface area contributed by atoms with E-state index < -0.39 is 0 Å². The smallest absolute Gasteiger partial charge is 0.251 e. The van der Waals surface area contributed by atoms with Crippen molar-refractivity contribution in [2.45, 2.75) is 27.2 Å². The van der Waals surface area contributed by atoms with Crippen LogP contribution in [0, 0.1) is 5.41 Å². The molecule has 0 radical (unpaired) electrons. The van der Waals surface area contributed by atoms with E-state index in [-0.39, 0.29) is 11.3 Å². The van der Waals surface area contributed by atoms with Crippen molar-refractivity contribution in [2.75, 3.05) is 30.3 Å². The fourth-order valence-corrected chi connectivity index (χ4v) is 2.03. The van der Waals surface area contributed by atoms with Gasteiger partial charge in [0.2, 0.25) is 0 Å². The van der Waals surface area contributed by atoms with E-state index in [1.807, 2.05) is 18.2 Å². The highest BCUT2D eigenvalue weighted by Gasteiger charge is 2.13. The van der Waals surface area contributed by atoms with Crippen LogP contribution in [0.2, 0.25) is 0 Å². The Balaban J connectivity index is 1.96. The Kier molecular flexibility index (Phi) is 3.98. The molecule has 19 heavy (non-hydrogen) atoms. The van der Waals surface area contributed by atoms with Crippen LogP contribution in [0.3, 0.4) is 0 Å². The number of hydrogen-bond donors (Lipinski definition) is 3. The summed E-state index contributed by atoms with van der Waals surface area (Å²) in [7, 11) is 0. The minimum absolute atomic E-state index is 0.000534. The maximum absolute atomic E-state index is 12.1. The molecule has 3 N–H and O–H groups in total. The molecule has 0 spiro atoms. The summed E-state index contributed by atoms with van der Waals surface area (Å²) in [5.74, 6) is -0.000534. The Morgan fingerprint density at radius 3 is 2.58 bits per heavy atom. The van der Waals surface area contributed by atoms with Gasteiger partial charge in [0.25, 0.3) is 5.91 Å². The zero-order valence-corrected chi connectivity index (χ0v) is 12.0. The van der Waals surface area contributed by atoms with Crippen LogP contribution in [0.25, 0.3) is 0 Å². The fourth-order valence-electron chi connectivity index (χ4n) is 2.03. The first-order valence-electron chi connectivity index (χ1n) is 6.86. The van der Waals surface area contributed by atoms with Gasteiger partial charge >= 0.3 is 0 Å². The van der Waals surface area contributed by atoms with Crippen molar-refractivity contribution in [2.24, 2.45) is 5.41 Å². The molecule has 0 saturated heterocycles. The first-order chi connectivity index (χ1) is 8.96. The second-order valence-electron chi connectivity index (χ2n) is 6.18. The topological polar surface area (TPSA) is 53.2 Å². The number of fused-ring (bicyclic) bond motifs is 1. The number of benzene rings is 1. The van der Waals surface area contributed by atoms with E-state index in [9.17, 15) is 4.79 Å². The number of carbonyl (C=O) groups is 1. The molecule has 0 atom stereocenters. The van der Waals surface area contributed by atoms with E-state index in [2.05, 4.69) is 36.7 Å². The normalized spacial score (nSPS) is 14.1. The monoisotopic (exact) mass is 261 g/mol. The Morgan fingerprint density at radius 1 is 1.21 bits per heavy atom. The molecule has 1 amide bonds. The first kappa shape index (κ1) is 13.7. The average molecular weight is 261 g/mol. The Hall–Kier alpha value is -1.71. The van der Waals surface area contributed by atoms with Gasteiger partial charge in [-0.1, -0.05) is 20.8 Å². The number of rotatable bonds is 3. The van der Waals surface area contributed by atoms with E-state index in [1.54, 1.807) is 0 Å². The molecule has 4 heteroatoms. The summed E-state index contributed by atoms with van der Waals surface area (Å²) in [6.45, 7) is 9.05. The second kappa shape index (κ2) is 5.51. The third kappa shape index (κ3) is 3.88. The molecule has 1 aliphatic rings. The highest BCUT2D eigenvalue weighted by Crippen LogP contribution is 2.25. The molecule has 0 unspecified atom stereocenters. The lowest BCUT2D eigenvalue weighted by Crippen LogP contribution is -2.27. The van der Waals surface area contributed by atoms with Gasteiger partial charge in [0.15, 0.2) is 0 Å². The minimum atomic E-state index is -0.000534. The zero-order valence-electron chi connectivity index (χ0n) is 12.0. The third-order valence-corrected chi connectivity index (χ3v) is 3.20. The van der Waals surface area contributed by atoms with E-state index in [1.165, 1.54) is 0 Å². The van der Waals surface area contributed by atoms with E-state index >= 15 is 0 Å². The molecule has 0 fully saturated rings. The molecule has 0 aromatic heterocycles. The third-order valence-electron chi connectivity index (χ3n) is 3.20. The van der Waals surface area contributed by atoms with Crippen LogP contribution in [-0.2, 0) is 0 Å². The minimum Gasteiger partial charge on any atom is -0.382 e. The van der Waals surface area contributed by atoms with Crippen molar-refractivity contribution >= 4 is 17.3 Å². The Morgan fingerprint density at radius 2 is 1.89 bits per heavy atom. The summed E-state index contributed by atoms with van der Waals surface area (Å²) in [5.41, 5.74) is 3.03. The summed E-state index contributed by atoms with van der Waals surface area (Å²) < 4.78 is 0. The van der Waals surface area contributed by atoms with Gasteiger partial charge in [0, 0.05) is 25.2 Å². The maximum atomic E-state index is 12.1. The molecule has 0 bridgehead atoms. The van der Waals surface area contributed by atoms with Gasteiger partial charge in [0.1, 0.15) is 0 Å². The van der Waals surface area contributed by atoms with Crippen LogP contribution in [0.4, 0.5) is 11.4 Å². The summed E-state index contributed by atoms with van der Waals surface area (Å²) >= 11 is 0. The summed E-state index contributed by atoms with van der Waals surface area (Å²) in [5, 5.41) is 9.57. The molecule has 1 heterocycles. The van der Waals surface area contributed by atoms with Gasteiger partial charge in [-0.3, -0.25) is 4.79 Å². The average Bonchev–Trinajstić information content (AvgIpc) is 2.36. The number of carbonyl (C=O) groups excluding carboxylic acids is 1. The molecule has 104 valence electrons. The van der Waals surface area contributed by atoms with Crippen LogP contribution < -0.4 is 16.0 Å². The quantitative estimate of drug-likeness (QED) is 0.784. The van der Waals surface area contributed by atoms with Gasteiger partial charge in [-0.15, -0.1) is 0 Å². The number of nitrogens with one attached hydrogen (secondary N) is 3. The van der Waals surface area contributed by atoms with Gasteiger partial charge in [-0.05, 0) is 30.0 Å². The van der Waals surface area contributed by atoms with Crippen molar-refractivity contribution in [1.82, 2.24) is 5.32 Å². The number of anilines is 2. The number of hydrogen-bond acceptors (Lipinski definition) is 3. The van der Waals surface area contributed by atoms with Gasteiger partial charge < -0.3 is 16.0 Å². The molecule has 4 nitrogen and oxygen atoms in total. The first-order valence-corrected chi connectivity index (χ1v) is 6.86. The van der Waals surface area contributed by atoms with E-state index in [0.29, 0.717) is 12.1 Å². The van der Waals surface area contributed by atoms with Crippen molar-refractivity contribution in [3.05, 3.63) is 23.8 Å².